The van der Waals surface area contributed by atoms with Crippen molar-refractivity contribution in [3.05, 3.63) is 58.4 Å². The summed E-state index contributed by atoms with van der Waals surface area (Å²) in [6, 6.07) is 9.94. The van der Waals surface area contributed by atoms with Gasteiger partial charge in [0, 0.05) is 23.6 Å². The minimum Gasteiger partial charge on any atom is -0.490 e. The van der Waals surface area contributed by atoms with Crippen molar-refractivity contribution in [2.45, 2.75) is 20.4 Å². The molecule has 11 heteroatoms. The van der Waals surface area contributed by atoms with E-state index in [2.05, 4.69) is 25.5 Å². The Balaban J connectivity index is 1.78. The molecule has 4 rings (SSSR count). The summed E-state index contributed by atoms with van der Waals surface area (Å²) in [6.07, 6.45) is 1.43. The summed E-state index contributed by atoms with van der Waals surface area (Å²) in [7, 11) is 0. The van der Waals surface area contributed by atoms with E-state index in [1.165, 1.54) is 23.1 Å². The normalized spacial score (nSPS) is 10.9. The Morgan fingerprint density at radius 3 is 2.58 bits per heavy atom. The zero-order valence-corrected chi connectivity index (χ0v) is 16.9. The SMILES string of the molecule is CCOc1cc2ncnc(-c3nnnn3Cc3cccc([N+](=O)[O-])c3)c2cc1OCC. The van der Waals surface area contributed by atoms with Gasteiger partial charge in [-0.2, -0.15) is 0 Å². The van der Waals surface area contributed by atoms with Crippen molar-refractivity contribution in [1.82, 2.24) is 30.2 Å². The van der Waals surface area contributed by atoms with Crippen molar-refractivity contribution in [2.75, 3.05) is 13.2 Å². The van der Waals surface area contributed by atoms with Gasteiger partial charge in [-0.25, -0.2) is 14.6 Å². The number of benzene rings is 2. The maximum Gasteiger partial charge on any atom is 0.269 e. The number of hydrogen-bond donors (Lipinski definition) is 0. The molecular formula is C20H19N7O4. The molecule has 0 amide bonds. The Morgan fingerprint density at radius 2 is 1.84 bits per heavy atom. The molecule has 0 saturated carbocycles. The minimum atomic E-state index is -0.437. The topological polar surface area (TPSA) is 131 Å². The maximum absolute atomic E-state index is 11.1. The number of non-ortho nitro benzene ring substituents is 1. The van der Waals surface area contributed by atoms with E-state index in [0.29, 0.717) is 52.7 Å². The molecule has 0 aliphatic rings. The van der Waals surface area contributed by atoms with E-state index in [-0.39, 0.29) is 12.2 Å². The van der Waals surface area contributed by atoms with Gasteiger partial charge >= 0.3 is 0 Å². The number of nitrogens with zero attached hydrogens (tertiary/aromatic N) is 7. The highest BCUT2D eigenvalue weighted by molar-refractivity contribution is 5.92. The summed E-state index contributed by atoms with van der Waals surface area (Å²) in [5, 5.41) is 23.7. The fourth-order valence-electron chi connectivity index (χ4n) is 3.20. The number of ether oxygens (including phenoxy) is 2. The molecule has 0 aliphatic carbocycles. The predicted molar refractivity (Wildman–Crippen MR) is 111 cm³/mol. The van der Waals surface area contributed by atoms with Crippen LogP contribution in [0.5, 0.6) is 11.5 Å². The second-order valence-electron chi connectivity index (χ2n) is 6.49. The number of nitro groups is 1. The van der Waals surface area contributed by atoms with E-state index < -0.39 is 4.92 Å². The van der Waals surface area contributed by atoms with E-state index in [1.54, 1.807) is 18.2 Å². The van der Waals surface area contributed by atoms with Crippen LogP contribution >= 0.6 is 0 Å². The van der Waals surface area contributed by atoms with Crippen molar-refractivity contribution in [3.63, 3.8) is 0 Å². The van der Waals surface area contributed by atoms with E-state index in [9.17, 15) is 10.1 Å². The first-order valence-electron chi connectivity index (χ1n) is 9.65. The van der Waals surface area contributed by atoms with Gasteiger partial charge < -0.3 is 9.47 Å². The van der Waals surface area contributed by atoms with Crippen molar-refractivity contribution in [3.8, 4) is 23.0 Å². The first-order chi connectivity index (χ1) is 15.1. The minimum absolute atomic E-state index is 0.00409. The molecule has 31 heavy (non-hydrogen) atoms. The molecule has 0 N–H and O–H groups in total. The summed E-state index contributed by atoms with van der Waals surface area (Å²) in [5.41, 5.74) is 1.87. The summed E-state index contributed by atoms with van der Waals surface area (Å²) >= 11 is 0. The Hall–Kier alpha value is -4.15. The Morgan fingerprint density at radius 1 is 1.06 bits per heavy atom. The highest BCUT2D eigenvalue weighted by Gasteiger charge is 2.18. The summed E-state index contributed by atoms with van der Waals surface area (Å²) in [6.45, 7) is 4.99. The van der Waals surface area contributed by atoms with Crippen LogP contribution in [0.4, 0.5) is 5.69 Å². The molecule has 2 aromatic carbocycles. The van der Waals surface area contributed by atoms with Crippen LogP contribution in [0.1, 0.15) is 19.4 Å². The highest BCUT2D eigenvalue weighted by Crippen LogP contribution is 2.35. The molecule has 2 heterocycles. The van der Waals surface area contributed by atoms with Crippen LogP contribution in [0.2, 0.25) is 0 Å². The number of aromatic nitrogens is 6. The van der Waals surface area contributed by atoms with Gasteiger partial charge in [-0.05, 0) is 35.9 Å². The van der Waals surface area contributed by atoms with E-state index in [0.717, 1.165) is 0 Å². The van der Waals surface area contributed by atoms with Gasteiger partial charge in [0.1, 0.15) is 12.0 Å². The Kier molecular flexibility index (Phi) is 5.65. The van der Waals surface area contributed by atoms with Crippen molar-refractivity contribution >= 4 is 16.6 Å². The fourth-order valence-corrected chi connectivity index (χ4v) is 3.20. The first-order valence-corrected chi connectivity index (χ1v) is 9.65. The Bertz CT molecular complexity index is 1240. The van der Waals surface area contributed by atoms with Gasteiger partial charge in [0.2, 0.25) is 5.82 Å². The number of rotatable bonds is 8. The molecule has 11 nitrogen and oxygen atoms in total. The lowest BCUT2D eigenvalue weighted by Gasteiger charge is -2.13. The summed E-state index contributed by atoms with van der Waals surface area (Å²) in [5.74, 6) is 1.58. The molecule has 0 atom stereocenters. The molecule has 0 unspecified atom stereocenters. The van der Waals surface area contributed by atoms with Crippen LogP contribution in [0.25, 0.3) is 22.4 Å². The van der Waals surface area contributed by atoms with Crippen molar-refractivity contribution in [2.24, 2.45) is 0 Å². The number of tetrazole rings is 1. The van der Waals surface area contributed by atoms with E-state index in [4.69, 9.17) is 9.47 Å². The summed E-state index contributed by atoms with van der Waals surface area (Å²) < 4.78 is 12.9. The molecule has 0 fully saturated rings. The third kappa shape index (κ3) is 4.10. The molecule has 0 spiro atoms. The quantitative estimate of drug-likeness (QED) is 0.311. The standard InChI is InChI=1S/C20H19N7O4/c1-3-30-17-9-15-16(10-18(17)31-4-2)21-12-22-19(15)20-23-24-25-26(20)11-13-6-5-7-14(8-13)27(28)29/h5-10,12H,3-4,11H2,1-2H3. The first kappa shape index (κ1) is 20.1. The molecule has 2 aromatic heterocycles. The lowest BCUT2D eigenvalue weighted by Crippen LogP contribution is -2.06. The average Bonchev–Trinajstić information content (AvgIpc) is 3.22. The van der Waals surface area contributed by atoms with Gasteiger partial charge in [-0.1, -0.05) is 12.1 Å². The fraction of sp³-hybridized carbons (Fsp3) is 0.250. The van der Waals surface area contributed by atoms with Crippen LogP contribution in [0, 0.1) is 10.1 Å². The largest absolute Gasteiger partial charge is 0.490 e. The highest BCUT2D eigenvalue weighted by atomic mass is 16.6. The zero-order chi connectivity index (χ0) is 21.8. The van der Waals surface area contributed by atoms with Gasteiger partial charge in [-0.3, -0.25) is 10.1 Å². The predicted octanol–water partition coefficient (Wildman–Crippen LogP) is 3.04. The van der Waals surface area contributed by atoms with Crippen molar-refractivity contribution in [1.29, 1.82) is 0 Å². The monoisotopic (exact) mass is 421 g/mol. The van der Waals surface area contributed by atoms with Crippen LogP contribution in [-0.2, 0) is 6.54 Å². The van der Waals surface area contributed by atoms with Gasteiger partial charge in [0.15, 0.2) is 11.5 Å². The second kappa shape index (κ2) is 8.69. The maximum atomic E-state index is 11.1. The van der Waals surface area contributed by atoms with Gasteiger partial charge in [0.25, 0.3) is 5.69 Å². The molecule has 0 radical (unpaired) electrons. The number of hydrogen-bond acceptors (Lipinski definition) is 9. The second-order valence-corrected chi connectivity index (χ2v) is 6.49. The summed E-state index contributed by atoms with van der Waals surface area (Å²) in [4.78, 5) is 19.4. The number of fused-ring (bicyclic) bond motifs is 1. The third-order valence-electron chi connectivity index (χ3n) is 4.50. The zero-order valence-electron chi connectivity index (χ0n) is 16.9. The average molecular weight is 421 g/mol. The van der Waals surface area contributed by atoms with Gasteiger partial charge in [-0.15, -0.1) is 5.10 Å². The van der Waals surface area contributed by atoms with Crippen LogP contribution in [0.15, 0.2) is 42.7 Å². The molecule has 0 aliphatic heterocycles. The lowest BCUT2D eigenvalue weighted by molar-refractivity contribution is -0.384. The number of nitro benzene ring substituents is 1. The molecule has 4 aromatic rings. The van der Waals surface area contributed by atoms with E-state index in [1.807, 2.05) is 19.9 Å². The van der Waals surface area contributed by atoms with Gasteiger partial charge in [0.05, 0.1) is 30.2 Å². The van der Waals surface area contributed by atoms with E-state index >= 15 is 0 Å². The smallest absolute Gasteiger partial charge is 0.269 e. The molecule has 0 saturated heterocycles. The van der Waals surface area contributed by atoms with Crippen molar-refractivity contribution < 1.29 is 14.4 Å². The Labute approximate surface area is 176 Å². The van der Waals surface area contributed by atoms with Crippen LogP contribution in [0.3, 0.4) is 0 Å². The molecular weight excluding hydrogens is 402 g/mol. The lowest BCUT2D eigenvalue weighted by atomic mass is 10.1. The van der Waals surface area contributed by atoms with Crippen LogP contribution < -0.4 is 9.47 Å². The molecule has 158 valence electrons. The third-order valence-corrected chi connectivity index (χ3v) is 4.50. The van der Waals surface area contributed by atoms with Crippen LogP contribution in [-0.4, -0.2) is 48.3 Å². The molecule has 0 bridgehead atoms.